The van der Waals surface area contributed by atoms with Gasteiger partial charge in [-0.1, -0.05) is 38.0 Å². The summed E-state index contributed by atoms with van der Waals surface area (Å²) in [5.41, 5.74) is 1.40. The Balaban J connectivity index is 2.00. The van der Waals surface area contributed by atoms with Gasteiger partial charge in [0, 0.05) is 18.5 Å². The van der Waals surface area contributed by atoms with Crippen LogP contribution in [0.4, 0.5) is 5.13 Å². The molecule has 1 heterocycles. The molecule has 0 aliphatic heterocycles. The van der Waals surface area contributed by atoms with E-state index in [4.69, 9.17) is 0 Å². The van der Waals surface area contributed by atoms with Crippen LogP contribution in [0.2, 0.25) is 0 Å². The van der Waals surface area contributed by atoms with E-state index >= 15 is 0 Å². The lowest BCUT2D eigenvalue weighted by atomic mass is 10.0. The minimum absolute atomic E-state index is 0.0663. The first-order valence-electron chi connectivity index (χ1n) is 8.34. The Morgan fingerprint density at radius 2 is 1.96 bits per heavy atom. The lowest BCUT2D eigenvalue weighted by Gasteiger charge is -2.14. The molecule has 24 heavy (non-hydrogen) atoms. The van der Waals surface area contributed by atoms with Crippen LogP contribution in [0.1, 0.15) is 57.3 Å². The molecule has 6 heteroatoms. The average molecular weight is 347 g/mol. The highest BCUT2D eigenvalue weighted by Gasteiger charge is 2.12. The molecule has 1 unspecified atom stereocenters. The molecule has 2 N–H and O–H groups in total. The van der Waals surface area contributed by atoms with Crippen LogP contribution < -0.4 is 10.6 Å². The van der Waals surface area contributed by atoms with E-state index < -0.39 is 0 Å². The second-order valence-electron chi connectivity index (χ2n) is 6.58. The van der Waals surface area contributed by atoms with Crippen LogP contribution in [-0.2, 0) is 4.79 Å². The molecule has 0 aliphatic carbocycles. The molecular formula is C18H25N3O2S. The van der Waals surface area contributed by atoms with E-state index in [1.54, 1.807) is 6.07 Å². The topological polar surface area (TPSA) is 71.1 Å². The number of thiazole rings is 1. The maximum atomic E-state index is 12.4. The van der Waals surface area contributed by atoms with E-state index in [0.29, 0.717) is 16.6 Å². The van der Waals surface area contributed by atoms with Crippen molar-refractivity contribution in [3.8, 4) is 0 Å². The second kappa shape index (κ2) is 8.24. The molecule has 0 radical (unpaired) electrons. The van der Waals surface area contributed by atoms with Crippen molar-refractivity contribution in [3.63, 3.8) is 0 Å². The number of aromatic nitrogens is 1. The number of carbonyl (C=O) groups excluding carboxylic acids is 2. The normalized spacial score (nSPS) is 12.4. The maximum Gasteiger partial charge on any atom is 0.251 e. The number of hydrogen-bond acceptors (Lipinski definition) is 4. The number of hydrogen-bond donors (Lipinski definition) is 2. The van der Waals surface area contributed by atoms with Crippen LogP contribution in [0.25, 0.3) is 10.2 Å². The lowest BCUT2D eigenvalue weighted by Crippen LogP contribution is -2.32. The number of nitrogens with zero attached hydrogens (tertiary/aromatic N) is 1. The maximum absolute atomic E-state index is 12.4. The summed E-state index contributed by atoms with van der Waals surface area (Å²) < 4.78 is 0.888. The van der Waals surface area contributed by atoms with Gasteiger partial charge in [0.05, 0.1) is 10.2 Å². The Labute approximate surface area is 146 Å². The average Bonchev–Trinajstić information content (AvgIpc) is 2.86. The van der Waals surface area contributed by atoms with Gasteiger partial charge in [-0.2, -0.15) is 0 Å². The van der Waals surface area contributed by atoms with E-state index in [0.717, 1.165) is 23.1 Å². The molecule has 1 atom stereocenters. The Hall–Kier alpha value is -1.95. The molecule has 2 amide bonds. The van der Waals surface area contributed by atoms with Gasteiger partial charge in [0.1, 0.15) is 0 Å². The third-order valence-corrected chi connectivity index (χ3v) is 4.66. The number of carbonyl (C=O) groups is 2. The zero-order valence-corrected chi connectivity index (χ0v) is 15.5. The van der Waals surface area contributed by atoms with Crippen molar-refractivity contribution in [3.05, 3.63) is 23.8 Å². The minimum Gasteiger partial charge on any atom is -0.350 e. The number of benzene rings is 1. The molecule has 0 bridgehead atoms. The zero-order valence-electron chi connectivity index (χ0n) is 14.7. The van der Waals surface area contributed by atoms with E-state index in [9.17, 15) is 9.59 Å². The summed E-state index contributed by atoms with van der Waals surface area (Å²) in [6.07, 6.45) is 3.28. The molecule has 5 nitrogen and oxygen atoms in total. The van der Waals surface area contributed by atoms with Crippen LogP contribution in [0.3, 0.4) is 0 Å². The van der Waals surface area contributed by atoms with E-state index in [2.05, 4.69) is 29.5 Å². The Morgan fingerprint density at radius 3 is 2.62 bits per heavy atom. The largest absolute Gasteiger partial charge is 0.350 e. The van der Waals surface area contributed by atoms with Crippen molar-refractivity contribution in [2.24, 2.45) is 5.92 Å². The summed E-state index contributed by atoms with van der Waals surface area (Å²) in [5, 5.41) is 6.28. The highest BCUT2D eigenvalue weighted by atomic mass is 32.1. The SMILES string of the molecule is CC(=O)Nc1nc2ccc(C(=O)NC(C)CCCC(C)C)cc2s1. The van der Waals surface area contributed by atoms with E-state index in [-0.39, 0.29) is 17.9 Å². The van der Waals surface area contributed by atoms with Gasteiger partial charge in [0.15, 0.2) is 5.13 Å². The molecule has 0 spiro atoms. The molecular weight excluding hydrogens is 322 g/mol. The van der Waals surface area contributed by atoms with Crippen molar-refractivity contribution < 1.29 is 9.59 Å². The highest BCUT2D eigenvalue weighted by Crippen LogP contribution is 2.26. The van der Waals surface area contributed by atoms with Gasteiger partial charge in [-0.25, -0.2) is 4.98 Å². The summed E-state index contributed by atoms with van der Waals surface area (Å²) >= 11 is 1.37. The Morgan fingerprint density at radius 1 is 1.21 bits per heavy atom. The molecule has 2 rings (SSSR count). The Bertz CT molecular complexity index is 724. The number of nitrogens with one attached hydrogen (secondary N) is 2. The molecule has 0 fully saturated rings. The summed E-state index contributed by atoms with van der Waals surface area (Å²) in [4.78, 5) is 27.8. The third-order valence-electron chi connectivity index (χ3n) is 3.73. The summed E-state index contributed by atoms with van der Waals surface area (Å²) in [7, 11) is 0. The smallest absolute Gasteiger partial charge is 0.251 e. The van der Waals surface area contributed by atoms with Crippen LogP contribution in [0, 0.1) is 5.92 Å². The second-order valence-corrected chi connectivity index (χ2v) is 7.61. The molecule has 0 saturated heterocycles. The quantitative estimate of drug-likeness (QED) is 0.788. The van der Waals surface area contributed by atoms with Gasteiger partial charge in [0.2, 0.25) is 5.91 Å². The first-order chi connectivity index (χ1) is 11.3. The summed E-state index contributed by atoms with van der Waals surface area (Å²) in [6.45, 7) is 7.91. The van der Waals surface area contributed by atoms with Gasteiger partial charge in [-0.15, -0.1) is 0 Å². The van der Waals surface area contributed by atoms with Crippen LogP contribution >= 0.6 is 11.3 Å². The van der Waals surface area contributed by atoms with Crippen LogP contribution in [0.5, 0.6) is 0 Å². The lowest BCUT2D eigenvalue weighted by molar-refractivity contribution is -0.114. The predicted molar refractivity (Wildman–Crippen MR) is 99.5 cm³/mol. The third kappa shape index (κ3) is 5.30. The molecule has 0 saturated carbocycles. The molecule has 130 valence electrons. The van der Waals surface area contributed by atoms with Crippen molar-refractivity contribution >= 4 is 38.5 Å². The molecule has 2 aromatic rings. The predicted octanol–water partition coefficient (Wildman–Crippen LogP) is 4.20. The fraction of sp³-hybridized carbons (Fsp3) is 0.500. The van der Waals surface area contributed by atoms with E-state index in [1.165, 1.54) is 24.7 Å². The van der Waals surface area contributed by atoms with Gasteiger partial charge in [-0.05, 0) is 37.5 Å². The molecule has 0 aliphatic rings. The van der Waals surface area contributed by atoms with Gasteiger partial charge in [-0.3, -0.25) is 9.59 Å². The monoisotopic (exact) mass is 347 g/mol. The number of rotatable bonds is 7. The van der Waals surface area contributed by atoms with Crippen molar-refractivity contribution in [1.29, 1.82) is 0 Å². The highest BCUT2D eigenvalue weighted by molar-refractivity contribution is 7.22. The first kappa shape index (κ1) is 18.4. The number of amides is 2. The van der Waals surface area contributed by atoms with Gasteiger partial charge < -0.3 is 10.6 Å². The van der Waals surface area contributed by atoms with Crippen molar-refractivity contribution in [2.45, 2.75) is 53.0 Å². The molecule has 1 aromatic carbocycles. The Kier molecular flexibility index (Phi) is 6.31. The minimum atomic E-state index is -0.151. The summed E-state index contributed by atoms with van der Waals surface area (Å²) in [6, 6.07) is 5.57. The first-order valence-corrected chi connectivity index (χ1v) is 9.16. The van der Waals surface area contributed by atoms with Crippen molar-refractivity contribution in [1.82, 2.24) is 10.3 Å². The van der Waals surface area contributed by atoms with Crippen LogP contribution in [-0.4, -0.2) is 22.8 Å². The standard InChI is InChI=1S/C18H25N3O2S/c1-11(2)6-5-7-12(3)19-17(23)14-8-9-15-16(10-14)24-18(21-15)20-13(4)22/h8-12H,5-7H2,1-4H3,(H,19,23)(H,20,21,22). The van der Waals surface area contributed by atoms with Gasteiger partial charge >= 0.3 is 0 Å². The fourth-order valence-electron chi connectivity index (χ4n) is 2.48. The zero-order chi connectivity index (χ0) is 17.7. The van der Waals surface area contributed by atoms with Crippen LogP contribution in [0.15, 0.2) is 18.2 Å². The van der Waals surface area contributed by atoms with E-state index in [1.807, 2.05) is 19.1 Å². The number of fused-ring (bicyclic) bond motifs is 1. The summed E-state index contributed by atoms with van der Waals surface area (Å²) in [5.74, 6) is 0.477. The fourth-order valence-corrected chi connectivity index (χ4v) is 3.43. The number of anilines is 1. The molecule has 1 aromatic heterocycles. The van der Waals surface area contributed by atoms with Gasteiger partial charge in [0.25, 0.3) is 5.91 Å². The van der Waals surface area contributed by atoms with Crippen molar-refractivity contribution in [2.75, 3.05) is 5.32 Å².